The van der Waals surface area contributed by atoms with Crippen LogP contribution in [-0.4, -0.2) is 39.7 Å². The minimum Gasteiger partial charge on any atom is -0.468 e. The van der Waals surface area contributed by atoms with Gasteiger partial charge in [0, 0.05) is 6.20 Å². The highest BCUT2D eigenvalue weighted by molar-refractivity contribution is 7.80. The predicted molar refractivity (Wildman–Crippen MR) is 59.5 cm³/mol. The maximum absolute atomic E-state index is 8.99. The first-order chi connectivity index (χ1) is 7.22. The summed E-state index contributed by atoms with van der Waals surface area (Å²) in [6.45, 7) is -0.401. The molecule has 5 nitrogen and oxygen atoms in total. The number of rotatable bonds is 4. The molecule has 1 heterocycles. The van der Waals surface area contributed by atoms with Gasteiger partial charge in [-0.1, -0.05) is 6.07 Å². The van der Waals surface area contributed by atoms with E-state index < -0.39 is 6.10 Å². The number of pyridine rings is 1. The van der Waals surface area contributed by atoms with Crippen molar-refractivity contribution in [2.45, 2.75) is 6.10 Å². The van der Waals surface area contributed by atoms with E-state index in [1.807, 2.05) is 0 Å². The van der Waals surface area contributed by atoms with Crippen molar-refractivity contribution in [3.8, 4) is 0 Å². The van der Waals surface area contributed by atoms with Gasteiger partial charge in [-0.25, -0.2) is 4.98 Å². The summed E-state index contributed by atoms with van der Waals surface area (Å²) in [5.41, 5.74) is 0. The molecule has 0 spiro atoms. The van der Waals surface area contributed by atoms with E-state index in [-0.39, 0.29) is 18.4 Å². The van der Waals surface area contributed by atoms with Gasteiger partial charge in [0.05, 0.1) is 6.61 Å². The number of hydrogen-bond donors (Lipinski definition) is 3. The summed E-state index contributed by atoms with van der Waals surface area (Å²) in [6, 6.07) is 5.32. The van der Waals surface area contributed by atoms with Crippen molar-refractivity contribution in [3.05, 3.63) is 24.4 Å². The second-order valence-corrected chi connectivity index (χ2v) is 3.15. The van der Waals surface area contributed by atoms with Crippen LogP contribution >= 0.6 is 12.2 Å². The molecule has 0 amide bonds. The van der Waals surface area contributed by atoms with Crippen LogP contribution in [0.2, 0.25) is 0 Å². The van der Waals surface area contributed by atoms with Gasteiger partial charge in [-0.15, -0.1) is 0 Å². The topological polar surface area (TPSA) is 74.6 Å². The van der Waals surface area contributed by atoms with Gasteiger partial charge in [0.15, 0.2) is 0 Å². The van der Waals surface area contributed by atoms with Crippen LogP contribution in [0.3, 0.4) is 0 Å². The number of hydrogen-bond acceptors (Lipinski definition) is 5. The Labute approximate surface area is 92.7 Å². The lowest BCUT2D eigenvalue weighted by atomic mass is 10.4. The standard InChI is InChI=1S/C9H12N2O3S/c12-5-7(13)6-14-9(15)11-8-3-1-2-4-10-8/h1-4,7,12-13H,5-6H2,(H,10,11,15). The van der Waals surface area contributed by atoms with Crippen LogP contribution < -0.4 is 5.32 Å². The summed E-state index contributed by atoms with van der Waals surface area (Å²) < 4.78 is 4.97. The van der Waals surface area contributed by atoms with Gasteiger partial charge in [-0.05, 0) is 24.4 Å². The van der Waals surface area contributed by atoms with E-state index in [2.05, 4.69) is 10.3 Å². The van der Waals surface area contributed by atoms with Gasteiger partial charge >= 0.3 is 0 Å². The molecule has 3 N–H and O–H groups in total. The minimum absolute atomic E-state index is 0.0465. The van der Waals surface area contributed by atoms with Crippen molar-refractivity contribution < 1.29 is 14.9 Å². The zero-order chi connectivity index (χ0) is 11.1. The summed E-state index contributed by atoms with van der Waals surface area (Å²) in [5, 5.41) is 20.4. The Morgan fingerprint density at radius 3 is 3.00 bits per heavy atom. The van der Waals surface area contributed by atoms with Crippen LogP contribution in [0.5, 0.6) is 0 Å². The summed E-state index contributed by atoms with van der Waals surface area (Å²) >= 11 is 4.84. The van der Waals surface area contributed by atoms with Crippen LogP contribution in [0.25, 0.3) is 0 Å². The molecule has 0 saturated carbocycles. The van der Waals surface area contributed by atoms with Gasteiger partial charge in [0.2, 0.25) is 0 Å². The molecule has 1 atom stereocenters. The molecule has 0 saturated heterocycles. The molecule has 1 aromatic rings. The van der Waals surface area contributed by atoms with Gasteiger partial charge < -0.3 is 20.3 Å². The molecule has 0 bridgehead atoms. The Balaban J connectivity index is 2.31. The summed E-state index contributed by atoms with van der Waals surface area (Å²) in [4.78, 5) is 3.98. The molecule has 6 heteroatoms. The highest BCUT2D eigenvalue weighted by atomic mass is 32.1. The SMILES string of the molecule is OCC(O)COC(=S)Nc1ccccn1. The Morgan fingerprint density at radius 2 is 2.40 bits per heavy atom. The van der Waals surface area contributed by atoms with Crippen LogP contribution in [0.1, 0.15) is 0 Å². The van der Waals surface area contributed by atoms with Crippen molar-refractivity contribution in [1.29, 1.82) is 0 Å². The number of anilines is 1. The molecule has 1 unspecified atom stereocenters. The van der Waals surface area contributed by atoms with Crippen molar-refractivity contribution >= 4 is 23.2 Å². The monoisotopic (exact) mass is 228 g/mol. The van der Waals surface area contributed by atoms with Crippen LogP contribution in [0, 0.1) is 0 Å². The van der Waals surface area contributed by atoms with Crippen LogP contribution in [0.15, 0.2) is 24.4 Å². The third kappa shape index (κ3) is 4.68. The third-order valence-electron chi connectivity index (χ3n) is 1.51. The van der Waals surface area contributed by atoms with E-state index in [0.29, 0.717) is 5.82 Å². The van der Waals surface area contributed by atoms with Crippen LogP contribution in [0.4, 0.5) is 5.82 Å². The molecule has 15 heavy (non-hydrogen) atoms. The molecule has 82 valence electrons. The molecular weight excluding hydrogens is 216 g/mol. The molecule has 0 aromatic carbocycles. The minimum atomic E-state index is -0.923. The molecule has 1 aromatic heterocycles. The number of thiocarbonyl (C=S) groups is 1. The molecule has 1 rings (SSSR count). The smallest absolute Gasteiger partial charge is 0.262 e. The normalized spacial score (nSPS) is 11.9. The highest BCUT2D eigenvalue weighted by Gasteiger charge is 2.04. The number of aromatic nitrogens is 1. The fourth-order valence-electron chi connectivity index (χ4n) is 0.802. The average molecular weight is 228 g/mol. The Kier molecular flexibility index (Phi) is 4.96. The molecule has 0 aliphatic heterocycles. The lowest BCUT2D eigenvalue weighted by Crippen LogP contribution is -2.24. The van der Waals surface area contributed by atoms with E-state index in [1.165, 1.54) is 0 Å². The highest BCUT2D eigenvalue weighted by Crippen LogP contribution is 2.00. The zero-order valence-electron chi connectivity index (χ0n) is 7.96. The second-order valence-electron chi connectivity index (χ2n) is 2.77. The van der Waals surface area contributed by atoms with E-state index in [4.69, 9.17) is 27.2 Å². The molecule has 0 aliphatic carbocycles. The molecule has 0 aliphatic rings. The van der Waals surface area contributed by atoms with Crippen molar-refractivity contribution in [2.75, 3.05) is 18.5 Å². The van der Waals surface area contributed by atoms with E-state index in [1.54, 1.807) is 24.4 Å². The predicted octanol–water partition coefficient (Wildman–Crippen LogP) is 0.148. The lowest BCUT2D eigenvalue weighted by molar-refractivity contribution is 0.0508. The molecule has 0 fully saturated rings. The Bertz CT molecular complexity index is 307. The number of aliphatic hydroxyl groups excluding tert-OH is 2. The lowest BCUT2D eigenvalue weighted by Gasteiger charge is -2.11. The number of nitrogens with zero attached hydrogens (tertiary/aromatic N) is 1. The second kappa shape index (κ2) is 6.28. The van der Waals surface area contributed by atoms with Gasteiger partial charge in [0.25, 0.3) is 5.17 Å². The number of ether oxygens (including phenoxy) is 1. The first-order valence-corrected chi connectivity index (χ1v) is 4.77. The summed E-state index contributed by atoms with van der Waals surface area (Å²) in [7, 11) is 0. The zero-order valence-corrected chi connectivity index (χ0v) is 8.78. The molecule has 0 radical (unpaired) electrons. The Hall–Kier alpha value is -1.24. The van der Waals surface area contributed by atoms with E-state index >= 15 is 0 Å². The first kappa shape index (κ1) is 11.8. The summed E-state index contributed by atoms with van der Waals surface area (Å²) in [5.74, 6) is 0.570. The van der Waals surface area contributed by atoms with Crippen molar-refractivity contribution in [2.24, 2.45) is 0 Å². The van der Waals surface area contributed by atoms with Crippen LogP contribution in [-0.2, 0) is 4.74 Å². The first-order valence-electron chi connectivity index (χ1n) is 4.36. The maximum Gasteiger partial charge on any atom is 0.262 e. The largest absolute Gasteiger partial charge is 0.468 e. The maximum atomic E-state index is 8.99. The van der Waals surface area contributed by atoms with Gasteiger partial charge in [-0.3, -0.25) is 0 Å². The third-order valence-corrected chi connectivity index (χ3v) is 1.73. The fourth-order valence-corrected chi connectivity index (χ4v) is 0.975. The van der Waals surface area contributed by atoms with Gasteiger partial charge in [0.1, 0.15) is 18.5 Å². The number of aliphatic hydroxyl groups is 2. The Morgan fingerprint density at radius 1 is 1.60 bits per heavy atom. The van der Waals surface area contributed by atoms with Crippen molar-refractivity contribution in [1.82, 2.24) is 4.98 Å². The molecular formula is C9H12N2O3S. The van der Waals surface area contributed by atoms with E-state index in [0.717, 1.165) is 0 Å². The number of nitrogens with one attached hydrogen (secondary N) is 1. The average Bonchev–Trinajstić information content (AvgIpc) is 2.27. The van der Waals surface area contributed by atoms with E-state index in [9.17, 15) is 0 Å². The summed E-state index contributed by atoms with van der Waals surface area (Å²) in [6.07, 6.45) is 0.696. The fraction of sp³-hybridized carbons (Fsp3) is 0.333. The quantitative estimate of drug-likeness (QED) is 0.637. The van der Waals surface area contributed by atoms with Crippen molar-refractivity contribution in [3.63, 3.8) is 0 Å². The van der Waals surface area contributed by atoms with Gasteiger partial charge in [-0.2, -0.15) is 0 Å².